The van der Waals surface area contributed by atoms with Gasteiger partial charge < -0.3 is 9.64 Å². The topological polar surface area (TPSA) is 32.8 Å². The van der Waals surface area contributed by atoms with Gasteiger partial charge in [0.15, 0.2) is 0 Å². The number of carbonyl (C=O) groups is 1. The maximum atomic E-state index is 13.0. The number of methoxy groups -OCH3 is 1. The molecule has 0 radical (unpaired) electrons. The highest BCUT2D eigenvalue weighted by Crippen LogP contribution is 2.18. The SMILES string of the molecule is COc1ccccc1CCN1CCN(C(=O)c2ccc(F)cc2)CC1. The van der Waals surface area contributed by atoms with Gasteiger partial charge in [-0.3, -0.25) is 9.69 Å². The fourth-order valence-electron chi connectivity index (χ4n) is 3.14. The van der Waals surface area contributed by atoms with Gasteiger partial charge in [-0.05, 0) is 42.3 Å². The molecule has 2 aromatic rings. The number of piperazine rings is 1. The van der Waals surface area contributed by atoms with Crippen LogP contribution in [-0.2, 0) is 6.42 Å². The molecule has 132 valence electrons. The summed E-state index contributed by atoms with van der Waals surface area (Å²) in [6.45, 7) is 4.04. The third kappa shape index (κ3) is 4.37. The predicted octanol–water partition coefficient (Wildman–Crippen LogP) is 2.83. The Morgan fingerprint density at radius 1 is 1.04 bits per heavy atom. The Morgan fingerprint density at radius 3 is 2.40 bits per heavy atom. The lowest BCUT2D eigenvalue weighted by atomic mass is 10.1. The number of benzene rings is 2. The van der Waals surface area contributed by atoms with Crippen LogP contribution in [0.15, 0.2) is 48.5 Å². The van der Waals surface area contributed by atoms with E-state index in [1.165, 1.54) is 17.7 Å². The number of hydrogen-bond donors (Lipinski definition) is 0. The molecule has 0 aliphatic carbocycles. The van der Waals surface area contributed by atoms with Crippen molar-refractivity contribution in [3.8, 4) is 5.75 Å². The average molecular weight is 342 g/mol. The highest BCUT2D eigenvalue weighted by Gasteiger charge is 2.22. The highest BCUT2D eigenvalue weighted by molar-refractivity contribution is 5.94. The molecule has 0 atom stereocenters. The molecule has 2 aromatic carbocycles. The third-order valence-electron chi connectivity index (χ3n) is 4.64. The zero-order chi connectivity index (χ0) is 17.6. The maximum Gasteiger partial charge on any atom is 0.253 e. The van der Waals surface area contributed by atoms with Gasteiger partial charge in [0.05, 0.1) is 7.11 Å². The van der Waals surface area contributed by atoms with Gasteiger partial charge in [-0.2, -0.15) is 0 Å². The van der Waals surface area contributed by atoms with E-state index in [1.54, 1.807) is 19.2 Å². The van der Waals surface area contributed by atoms with Crippen LogP contribution in [0.4, 0.5) is 4.39 Å². The van der Waals surface area contributed by atoms with Gasteiger partial charge in [0, 0.05) is 38.3 Å². The van der Waals surface area contributed by atoms with Crippen molar-refractivity contribution >= 4 is 5.91 Å². The molecule has 1 aliphatic heterocycles. The van der Waals surface area contributed by atoms with Gasteiger partial charge in [-0.25, -0.2) is 4.39 Å². The first-order chi connectivity index (χ1) is 12.2. The summed E-state index contributed by atoms with van der Waals surface area (Å²) in [4.78, 5) is 16.7. The van der Waals surface area contributed by atoms with Crippen LogP contribution >= 0.6 is 0 Å². The molecule has 0 saturated carbocycles. The van der Waals surface area contributed by atoms with E-state index in [4.69, 9.17) is 4.74 Å². The van der Waals surface area contributed by atoms with Crippen molar-refractivity contribution in [3.63, 3.8) is 0 Å². The summed E-state index contributed by atoms with van der Waals surface area (Å²) in [5, 5.41) is 0. The number of hydrogen-bond acceptors (Lipinski definition) is 3. The highest BCUT2D eigenvalue weighted by atomic mass is 19.1. The molecule has 0 spiro atoms. The van der Waals surface area contributed by atoms with Gasteiger partial charge in [0.2, 0.25) is 0 Å². The normalized spacial score (nSPS) is 15.2. The lowest BCUT2D eigenvalue weighted by Gasteiger charge is -2.34. The first-order valence-electron chi connectivity index (χ1n) is 8.56. The van der Waals surface area contributed by atoms with Crippen LogP contribution in [0.25, 0.3) is 0 Å². The molecule has 0 aromatic heterocycles. The van der Waals surface area contributed by atoms with E-state index in [0.717, 1.165) is 31.8 Å². The zero-order valence-corrected chi connectivity index (χ0v) is 14.5. The minimum Gasteiger partial charge on any atom is -0.496 e. The summed E-state index contributed by atoms with van der Waals surface area (Å²) < 4.78 is 18.4. The summed E-state index contributed by atoms with van der Waals surface area (Å²) >= 11 is 0. The summed E-state index contributed by atoms with van der Waals surface area (Å²) in [6.07, 6.45) is 0.927. The molecular formula is C20H23FN2O2. The number of ether oxygens (including phenoxy) is 1. The Hall–Kier alpha value is -2.40. The van der Waals surface area contributed by atoms with Crippen molar-refractivity contribution in [2.45, 2.75) is 6.42 Å². The van der Waals surface area contributed by atoms with Crippen LogP contribution in [0.2, 0.25) is 0 Å². The van der Waals surface area contributed by atoms with Gasteiger partial charge in [-0.1, -0.05) is 18.2 Å². The van der Waals surface area contributed by atoms with Crippen LogP contribution in [0.1, 0.15) is 15.9 Å². The van der Waals surface area contributed by atoms with E-state index in [2.05, 4.69) is 11.0 Å². The van der Waals surface area contributed by atoms with E-state index in [9.17, 15) is 9.18 Å². The van der Waals surface area contributed by atoms with E-state index in [1.807, 2.05) is 23.1 Å². The number of amides is 1. The van der Waals surface area contributed by atoms with Gasteiger partial charge in [-0.15, -0.1) is 0 Å². The zero-order valence-electron chi connectivity index (χ0n) is 14.5. The molecule has 1 fully saturated rings. The quantitative estimate of drug-likeness (QED) is 0.838. The first-order valence-corrected chi connectivity index (χ1v) is 8.56. The maximum absolute atomic E-state index is 13.0. The molecule has 1 heterocycles. The van der Waals surface area contributed by atoms with Crippen LogP contribution in [0.3, 0.4) is 0 Å². The summed E-state index contributed by atoms with van der Waals surface area (Å²) in [5.74, 6) is 0.578. The minimum atomic E-state index is -0.322. The molecule has 1 amide bonds. The standard InChI is InChI=1S/C20H23FN2O2/c1-25-19-5-3-2-4-16(19)10-11-22-12-14-23(15-13-22)20(24)17-6-8-18(21)9-7-17/h2-9H,10-15H2,1H3. The van der Waals surface area contributed by atoms with Crippen LogP contribution in [-0.4, -0.2) is 55.5 Å². The smallest absolute Gasteiger partial charge is 0.253 e. The molecule has 0 unspecified atom stereocenters. The Morgan fingerprint density at radius 2 is 1.72 bits per heavy atom. The molecule has 1 saturated heterocycles. The van der Waals surface area contributed by atoms with Gasteiger partial charge in [0.25, 0.3) is 5.91 Å². The van der Waals surface area contributed by atoms with Crippen molar-refractivity contribution in [2.24, 2.45) is 0 Å². The van der Waals surface area contributed by atoms with Crippen LogP contribution in [0, 0.1) is 5.82 Å². The number of para-hydroxylation sites is 1. The fraction of sp³-hybridized carbons (Fsp3) is 0.350. The van der Waals surface area contributed by atoms with Crippen molar-refractivity contribution in [3.05, 3.63) is 65.5 Å². The third-order valence-corrected chi connectivity index (χ3v) is 4.64. The Kier molecular flexibility index (Phi) is 5.66. The summed E-state index contributed by atoms with van der Waals surface area (Å²) in [7, 11) is 1.69. The van der Waals surface area contributed by atoms with Crippen molar-refractivity contribution in [2.75, 3.05) is 39.8 Å². The summed E-state index contributed by atoms with van der Waals surface area (Å²) in [5.41, 5.74) is 1.75. The van der Waals surface area contributed by atoms with Crippen molar-refractivity contribution in [1.82, 2.24) is 9.80 Å². The number of carbonyl (C=O) groups excluding carboxylic acids is 1. The average Bonchev–Trinajstić information content (AvgIpc) is 2.67. The fourth-order valence-corrected chi connectivity index (χ4v) is 3.14. The molecular weight excluding hydrogens is 319 g/mol. The predicted molar refractivity (Wildman–Crippen MR) is 95.4 cm³/mol. The number of rotatable bonds is 5. The minimum absolute atomic E-state index is 0.0237. The monoisotopic (exact) mass is 342 g/mol. The second-order valence-corrected chi connectivity index (χ2v) is 6.20. The number of halogens is 1. The molecule has 1 aliphatic rings. The van der Waals surface area contributed by atoms with Crippen LogP contribution in [0.5, 0.6) is 5.75 Å². The van der Waals surface area contributed by atoms with Crippen LogP contribution < -0.4 is 4.74 Å². The number of nitrogens with zero attached hydrogens (tertiary/aromatic N) is 2. The Balaban J connectivity index is 1.50. The molecule has 0 N–H and O–H groups in total. The van der Waals surface area contributed by atoms with E-state index < -0.39 is 0 Å². The second-order valence-electron chi connectivity index (χ2n) is 6.20. The van der Waals surface area contributed by atoms with Crippen molar-refractivity contribution in [1.29, 1.82) is 0 Å². The Bertz CT molecular complexity index is 710. The van der Waals surface area contributed by atoms with E-state index in [0.29, 0.717) is 18.7 Å². The molecule has 4 nitrogen and oxygen atoms in total. The second kappa shape index (κ2) is 8.12. The molecule has 3 rings (SSSR count). The lowest BCUT2D eigenvalue weighted by Crippen LogP contribution is -2.49. The lowest BCUT2D eigenvalue weighted by molar-refractivity contribution is 0.0638. The molecule has 5 heteroatoms. The van der Waals surface area contributed by atoms with E-state index in [-0.39, 0.29) is 11.7 Å². The first kappa shape index (κ1) is 17.4. The largest absolute Gasteiger partial charge is 0.496 e. The summed E-state index contributed by atoms with van der Waals surface area (Å²) in [6, 6.07) is 13.8. The van der Waals surface area contributed by atoms with E-state index >= 15 is 0 Å². The Labute approximate surface area is 147 Å². The molecule has 25 heavy (non-hydrogen) atoms. The molecule has 0 bridgehead atoms. The van der Waals surface area contributed by atoms with Crippen molar-refractivity contribution < 1.29 is 13.9 Å². The van der Waals surface area contributed by atoms with Gasteiger partial charge in [0.1, 0.15) is 11.6 Å². The van der Waals surface area contributed by atoms with Gasteiger partial charge >= 0.3 is 0 Å².